The Labute approximate surface area is 354 Å². The summed E-state index contributed by atoms with van der Waals surface area (Å²) in [5, 5.41) is 19.3. The van der Waals surface area contributed by atoms with Crippen molar-refractivity contribution in [3.63, 3.8) is 0 Å². The highest BCUT2D eigenvalue weighted by Gasteiger charge is 2.40. The van der Waals surface area contributed by atoms with Gasteiger partial charge in [-0.25, -0.2) is 4.79 Å². The largest absolute Gasteiger partial charge is 0.506 e. The van der Waals surface area contributed by atoms with E-state index < -0.39 is 8.32 Å². The third-order valence-electron chi connectivity index (χ3n) is 13.1. The summed E-state index contributed by atoms with van der Waals surface area (Å²) >= 11 is 0. The van der Waals surface area contributed by atoms with Gasteiger partial charge in [-0.05, 0) is 127 Å². The van der Waals surface area contributed by atoms with Crippen LogP contribution >= 0.6 is 0 Å². The number of piperidine rings is 3. The van der Waals surface area contributed by atoms with E-state index >= 15 is 0 Å². The molecule has 9 rings (SSSR count). The molecule has 1 amide bonds. The molecule has 4 aromatic carbocycles. The Hall–Kier alpha value is -5.20. The number of anilines is 1. The lowest BCUT2D eigenvalue weighted by Gasteiger charge is -2.43. The van der Waals surface area contributed by atoms with Crippen molar-refractivity contribution in [2.45, 2.75) is 89.9 Å². The number of aromatic amines is 1. The zero-order valence-electron chi connectivity index (χ0n) is 35.6. The van der Waals surface area contributed by atoms with Crippen LogP contribution in [0.25, 0.3) is 32.9 Å². The minimum atomic E-state index is -2.20. The lowest BCUT2D eigenvalue weighted by molar-refractivity contribution is -0.0289. The van der Waals surface area contributed by atoms with Crippen LogP contribution in [0.5, 0.6) is 5.75 Å². The van der Waals surface area contributed by atoms with Crippen LogP contribution in [0.4, 0.5) is 10.5 Å². The molecule has 2 atom stereocenters. The molecule has 4 N–H and O–H groups in total. The second-order valence-corrected chi connectivity index (χ2v) is 23.0. The van der Waals surface area contributed by atoms with Crippen molar-refractivity contribution in [1.29, 1.82) is 0 Å². The standard InChI is InChI=1S/C49H59N5O5Si/c1-49(2,3)60(4,5)59-44(39-16-19-43(55)47-40(39)17-20-46(56)52-47)31-50-30-34-14-18-42-37(28-34)23-27-54(42)24-9-10-33-13-15-38(35-11-7-6-8-12-35)41(29-33)51-48(57)58-45-32-53-25-21-36(45)22-26-53/h6-8,11-20,23,27-29,36,44-45,50,55H,9-10,21-22,24-26,30-32H2,1-5H3,(H,51,57)(H,52,56)/t44-,45-/m0/s1. The fourth-order valence-electron chi connectivity index (χ4n) is 8.68. The number of aryl methyl sites for hydroxylation is 2. The van der Waals surface area contributed by atoms with Gasteiger partial charge in [0.1, 0.15) is 11.9 Å². The molecule has 5 heterocycles. The van der Waals surface area contributed by atoms with Crippen molar-refractivity contribution in [3.8, 4) is 16.9 Å². The Morgan fingerprint density at radius 1 is 0.950 bits per heavy atom. The molecule has 3 fully saturated rings. The molecular formula is C49H59N5O5Si. The zero-order valence-corrected chi connectivity index (χ0v) is 36.6. The number of hydrogen-bond acceptors (Lipinski definition) is 7. The summed E-state index contributed by atoms with van der Waals surface area (Å²) in [7, 11) is -2.20. The first-order valence-corrected chi connectivity index (χ1v) is 24.4. The minimum Gasteiger partial charge on any atom is -0.506 e. The van der Waals surface area contributed by atoms with Crippen molar-refractivity contribution in [2.75, 3.05) is 31.5 Å². The predicted molar refractivity (Wildman–Crippen MR) is 244 cm³/mol. The highest BCUT2D eigenvalue weighted by atomic mass is 28.4. The number of aromatic hydroxyl groups is 1. The van der Waals surface area contributed by atoms with Gasteiger partial charge in [0.15, 0.2) is 8.32 Å². The maximum Gasteiger partial charge on any atom is 0.411 e. The van der Waals surface area contributed by atoms with Crippen LogP contribution in [0.15, 0.2) is 108 Å². The monoisotopic (exact) mass is 825 g/mol. The van der Waals surface area contributed by atoms with Crippen LogP contribution in [0.2, 0.25) is 18.1 Å². The molecule has 0 aliphatic carbocycles. The first-order valence-electron chi connectivity index (χ1n) is 21.5. The molecule has 11 heteroatoms. The molecule has 314 valence electrons. The number of phenols is 1. The van der Waals surface area contributed by atoms with E-state index in [2.05, 4.69) is 120 Å². The topological polar surface area (TPSA) is 121 Å². The number of pyridine rings is 1. The maximum atomic E-state index is 13.3. The Balaban J connectivity index is 0.915. The van der Waals surface area contributed by atoms with E-state index in [-0.39, 0.29) is 34.6 Å². The van der Waals surface area contributed by atoms with Crippen LogP contribution in [0, 0.1) is 5.92 Å². The maximum absolute atomic E-state index is 13.3. The molecule has 0 spiro atoms. The number of H-pyrrole nitrogens is 1. The molecule has 2 aromatic heterocycles. The molecule has 60 heavy (non-hydrogen) atoms. The molecule has 3 saturated heterocycles. The molecule has 0 radical (unpaired) electrons. The first kappa shape index (κ1) is 41.5. The molecule has 3 aliphatic heterocycles. The van der Waals surface area contributed by atoms with E-state index in [1.54, 1.807) is 12.1 Å². The second kappa shape index (κ2) is 17.4. The quantitative estimate of drug-likeness (QED) is 0.0808. The van der Waals surface area contributed by atoms with E-state index in [0.717, 1.165) is 79.6 Å². The predicted octanol–water partition coefficient (Wildman–Crippen LogP) is 9.98. The normalized spacial score (nSPS) is 18.5. The van der Waals surface area contributed by atoms with Crippen LogP contribution < -0.4 is 16.2 Å². The van der Waals surface area contributed by atoms with Crippen molar-refractivity contribution >= 4 is 41.9 Å². The molecule has 2 bridgehead atoms. The lowest BCUT2D eigenvalue weighted by Crippen LogP contribution is -2.52. The van der Waals surface area contributed by atoms with Crippen molar-refractivity contribution < 1.29 is 19.1 Å². The van der Waals surface area contributed by atoms with Crippen LogP contribution in [-0.4, -0.2) is 66.3 Å². The summed E-state index contributed by atoms with van der Waals surface area (Å²) in [6.07, 6.45) is 5.46. The van der Waals surface area contributed by atoms with Crippen LogP contribution in [0.1, 0.15) is 62.8 Å². The van der Waals surface area contributed by atoms with Crippen LogP contribution in [0.3, 0.4) is 0 Å². The second-order valence-electron chi connectivity index (χ2n) is 18.2. The smallest absolute Gasteiger partial charge is 0.411 e. The van der Waals surface area contributed by atoms with Crippen molar-refractivity contribution in [2.24, 2.45) is 5.92 Å². The summed E-state index contributed by atoms with van der Waals surface area (Å²) in [5.41, 5.74) is 7.47. The van der Waals surface area contributed by atoms with Gasteiger partial charge in [0.25, 0.3) is 0 Å². The Bertz CT molecular complexity index is 2520. The zero-order chi connectivity index (χ0) is 42.0. The number of nitrogens with one attached hydrogen (secondary N) is 3. The molecule has 0 saturated carbocycles. The summed E-state index contributed by atoms with van der Waals surface area (Å²) in [4.78, 5) is 30.6. The Morgan fingerprint density at radius 3 is 2.48 bits per heavy atom. The number of carbonyl (C=O) groups excluding carboxylic acids is 1. The van der Waals surface area contributed by atoms with Crippen LogP contribution in [-0.2, 0) is 28.7 Å². The SMILES string of the molecule is CC(C)(C)[Si](C)(C)O[C@@H](CNCc1ccc2c(ccn2CCCc2ccc(-c3ccccc3)c(NC(=O)O[C@H]3CN4CCC3CC4)c2)c1)c1ccc(O)c2[nH]c(=O)ccc12. The molecule has 6 aromatic rings. The number of hydrogen-bond donors (Lipinski definition) is 4. The van der Waals surface area contributed by atoms with Gasteiger partial charge in [0, 0.05) is 54.9 Å². The van der Waals surface area contributed by atoms with Gasteiger partial charge in [-0.1, -0.05) is 75.4 Å². The van der Waals surface area contributed by atoms with Gasteiger partial charge in [-0.3, -0.25) is 15.0 Å². The van der Waals surface area contributed by atoms with E-state index in [1.165, 1.54) is 28.1 Å². The highest BCUT2D eigenvalue weighted by Crippen LogP contribution is 2.41. The molecule has 3 aliphatic rings. The molecular weight excluding hydrogens is 767 g/mol. The average molecular weight is 826 g/mol. The first-order chi connectivity index (χ1) is 28.8. The summed E-state index contributed by atoms with van der Waals surface area (Å²) in [5.74, 6) is 0.497. The minimum absolute atomic E-state index is 0.000117. The van der Waals surface area contributed by atoms with E-state index in [1.807, 2.05) is 24.3 Å². The third kappa shape index (κ3) is 9.24. The van der Waals surface area contributed by atoms with E-state index in [9.17, 15) is 14.7 Å². The number of carbonyl (C=O) groups is 1. The number of benzene rings is 4. The number of amides is 1. The number of rotatable bonds is 14. The number of fused-ring (bicyclic) bond motifs is 5. The summed E-state index contributed by atoms with van der Waals surface area (Å²) < 4.78 is 15.3. The average Bonchev–Trinajstić information content (AvgIpc) is 3.63. The van der Waals surface area contributed by atoms with Crippen molar-refractivity contribution in [1.82, 2.24) is 19.8 Å². The van der Waals surface area contributed by atoms with Gasteiger partial charge in [0.05, 0.1) is 17.3 Å². The lowest BCUT2D eigenvalue weighted by atomic mass is 9.86. The summed E-state index contributed by atoms with van der Waals surface area (Å²) in [6.45, 7) is 16.3. The number of aromatic nitrogens is 2. The Kier molecular flexibility index (Phi) is 12.1. The van der Waals surface area contributed by atoms with Gasteiger partial charge in [0.2, 0.25) is 5.56 Å². The number of ether oxygens (including phenoxy) is 1. The number of phenolic OH excluding ortho intramolecular Hbond substituents is 1. The highest BCUT2D eigenvalue weighted by molar-refractivity contribution is 6.74. The van der Waals surface area contributed by atoms with Crippen molar-refractivity contribution in [3.05, 3.63) is 130 Å². The van der Waals surface area contributed by atoms with Gasteiger partial charge in [-0.2, -0.15) is 0 Å². The van der Waals surface area contributed by atoms with E-state index in [0.29, 0.717) is 24.5 Å². The van der Waals surface area contributed by atoms with Gasteiger partial charge in [-0.15, -0.1) is 0 Å². The van der Waals surface area contributed by atoms with Gasteiger partial charge >= 0.3 is 6.09 Å². The van der Waals surface area contributed by atoms with Gasteiger partial charge < -0.3 is 29.1 Å². The Morgan fingerprint density at radius 2 is 1.73 bits per heavy atom. The third-order valence-corrected chi connectivity index (χ3v) is 17.6. The summed E-state index contributed by atoms with van der Waals surface area (Å²) in [6, 6.07) is 32.2. The fraction of sp³-hybridized carbons (Fsp3) is 0.388. The number of nitrogens with zero attached hydrogens (tertiary/aromatic N) is 2. The fourth-order valence-corrected chi connectivity index (χ4v) is 9.96. The van der Waals surface area contributed by atoms with E-state index in [4.69, 9.17) is 9.16 Å². The molecule has 10 nitrogen and oxygen atoms in total. The molecule has 0 unspecified atom stereocenters.